The maximum Gasteiger partial charge on any atom is 0.134 e. The van der Waals surface area contributed by atoms with Gasteiger partial charge in [0.05, 0.1) is 6.10 Å². The number of thioether (sulfide) groups is 1. The first-order valence-corrected chi connectivity index (χ1v) is 7.97. The normalized spacial score (nSPS) is 19.3. The van der Waals surface area contributed by atoms with Gasteiger partial charge >= 0.3 is 0 Å². The molecule has 3 heteroatoms. The Morgan fingerprint density at radius 1 is 1.37 bits per heavy atom. The molecule has 2 atom stereocenters. The standard InChI is InChI=1S/C16H22O2S/c1-2-3-4-5-6-9-13(17)15-12-19-16-11-8-7-10-14(16)18-15/h2,7-8,10-11,13,15,17H,1,3-6,9,12H2. The second-order valence-corrected chi connectivity index (χ2v) is 5.97. The van der Waals surface area contributed by atoms with Crippen molar-refractivity contribution < 1.29 is 9.84 Å². The summed E-state index contributed by atoms with van der Waals surface area (Å²) in [5.74, 6) is 1.75. The van der Waals surface area contributed by atoms with E-state index in [1.165, 1.54) is 11.3 Å². The van der Waals surface area contributed by atoms with Crippen molar-refractivity contribution in [2.24, 2.45) is 0 Å². The average molecular weight is 278 g/mol. The highest BCUT2D eigenvalue weighted by molar-refractivity contribution is 7.99. The SMILES string of the molecule is C=CCCCCCC(O)C1CSc2ccccc2O1. The average Bonchev–Trinajstić information content (AvgIpc) is 2.46. The molecule has 1 aliphatic heterocycles. The highest BCUT2D eigenvalue weighted by Gasteiger charge is 2.26. The lowest BCUT2D eigenvalue weighted by Crippen LogP contribution is -2.35. The summed E-state index contributed by atoms with van der Waals surface area (Å²) in [6.45, 7) is 3.72. The first kappa shape index (κ1) is 14.5. The van der Waals surface area contributed by atoms with Crippen LogP contribution in [0, 0.1) is 0 Å². The number of ether oxygens (including phenoxy) is 1. The molecule has 0 fully saturated rings. The molecule has 2 rings (SSSR count). The van der Waals surface area contributed by atoms with Gasteiger partial charge in [0.2, 0.25) is 0 Å². The van der Waals surface area contributed by atoms with Gasteiger partial charge in [-0.25, -0.2) is 0 Å². The largest absolute Gasteiger partial charge is 0.486 e. The topological polar surface area (TPSA) is 29.5 Å². The molecule has 0 saturated heterocycles. The summed E-state index contributed by atoms with van der Waals surface area (Å²) >= 11 is 1.77. The quantitative estimate of drug-likeness (QED) is 0.603. The van der Waals surface area contributed by atoms with Crippen molar-refractivity contribution in [3.63, 3.8) is 0 Å². The third-order valence-electron chi connectivity index (χ3n) is 3.37. The minimum absolute atomic E-state index is 0.0701. The first-order valence-electron chi connectivity index (χ1n) is 6.98. The maximum absolute atomic E-state index is 10.2. The van der Waals surface area contributed by atoms with Gasteiger partial charge in [0.1, 0.15) is 11.9 Å². The van der Waals surface area contributed by atoms with E-state index in [-0.39, 0.29) is 12.2 Å². The molecule has 2 unspecified atom stereocenters. The van der Waals surface area contributed by atoms with Crippen molar-refractivity contribution in [1.82, 2.24) is 0 Å². The molecule has 19 heavy (non-hydrogen) atoms. The number of hydrogen-bond donors (Lipinski definition) is 1. The predicted octanol–water partition coefficient (Wildman–Crippen LogP) is 4.04. The third kappa shape index (κ3) is 4.29. The molecule has 2 nitrogen and oxygen atoms in total. The van der Waals surface area contributed by atoms with E-state index in [1.54, 1.807) is 11.8 Å². The van der Waals surface area contributed by atoms with Crippen LogP contribution in [-0.2, 0) is 0 Å². The molecule has 0 aromatic heterocycles. The van der Waals surface area contributed by atoms with Gasteiger partial charge in [-0.3, -0.25) is 0 Å². The number of fused-ring (bicyclic) bond motifs is 1. The minimum atomic E-state index is -0.357. The summed E-state index contributed by atoms with van der Waals surface area (Å²) in [6, 6.07) is 8.04. The lowest BCUT2D eigenvalue weighted by Gasteiger charge is -2.29. The van der Waals surface area contributed by atoms with E-state index in [9.17, 15) is 5.11 Å². The molecule has 1 aliphatic rings. The van der Waals surface area contributed by atoms with Crippen LogP contribution in [0.2, 0.25) is 0 Å². The molecule has 104 valence electrons. The van der Waals surface area contributed by atoms with Crippen LogP contribution in [0.3, 0.4) is 0 Å². The zero-order valence-electron chi connectivity index (χ0n) is 11.3. The molecule has 1 aromatic rings. The Labute approximate surface area is 119 Å². The van der Waals surface area contributed by atoms with Crippen molar-refractivity contribution in [3.8, 4) is 5.75 Å². The molecular formula is C16H22O2S. The second-order valence-electron chi connectivity index (χ2n) is 4.91. The Balaban J connectivity index is 1.75. The maximum atomic E-state index is 10.2. The monoisotopic (exact) mass is 278 g/mol. The van der Waals surface area contributed by atoms with Crippen LogP contribution in [0.4, 0.5) is 0 Å². The van der Waals surface area contributed by atoms with E-state index in [2.05, 4.69) is 12.6 Å². The summed E-state index contributed by atoms with van der Waals surface area (Å²) in [6.07, 6.45) is 6.79. The number of rotatable bonds is 7. The summed E-state index contributed by atoms with van der Waals surface area (Å²) in [5, 5.41) is 10.2. The fourth-order valence-corrected chi connectivity index (χ4v) is 3.30. The lowest BCUT2D eigenvalue weighted by atomic mass is 10.1. The Kier molecular flexibility index (Phi) is 5.80. The Morgan fingerprint density at radius 3 is 3.05 bits per heavy atom. The van der Waals surface area contributed by atoms with Crippen LogP contribution in [0.1, 0.15) is 32.1 Å². The molecule has 0 spiro atoms. The van der Waals surface area contributed by atoms with Crippen molar-refractivity contribution in [1.29, 1.82) is 0 Å². The van der Waals surface area contributed by atoms with E-state index < -0.39 is 0 Å². The number of hydrogen-bond acceptors (Lipinski definition) is 3. The molecule has 1 heterocycles. The first-order chi connectivity index (χ1) is 9.31. The van der Waals surface area contributed by atoms with E-state index in [0.29, 0.717) is 0 Å². The molecule has 0 radical (unpaired) electrons. The number of aliphatic hydroxyl groups is 1. The third-order valence-corrected chi connectivity index (χ3v) is 4.51. The van der Waals surface area contributed by atoms with Gasteiger partial charge in [-0.1, -0.05) is 31.1 Å². The molecule has 0 bridgehead atoms. The summed E-state index contributed by atoms with van der Waals surface area (Å²) in [5.41, 5.74) is 0. The van der Waals surface area contributed by atoms with Crippen molar-refractivity contribution in [2.45, 2.75) is 49.2 Å². The van der Waals surface area contributed by atoms with Crippen molar-refractivity contribution in [3.05, 3.63) is 36.9 Å². The molecule has 0 saturated carbocycles. The molecule has 0 aliphatic carbocycles. The zero-order valence-corrected chi connectivity index (χ0v) is 12.1. The van der Waals surface area contributed by atoms with Gasteiger partial charge in [-0.2, -0.15) is 0 Å². The lowest BCUT2D eigenvalue weighted by molar-refractivity contribution is 0.0391. The van der Waals surface area contributed by atoms with Gasteiger partial charge in [0.25, 0.3) is 0 Å². The van der Waals surface area contributed by atoms with E-state index in [0.717, 1.165) is 37.2 Å². The van der Waals surface area contributed by atoms with Gasteiger partial charge in [-0.05, 0) is 31.4 Å². The molecular weight excluding hydrogens is 256 g/mol. The fraction of sp³-hybridized carbons (Fsp3) is 0.500. The molecule has 0 amide bonds. The molecule has 1 N–H and O–H groups in total. The number of unbranched alkanes of at least 4 members (excludes halogenated alkanes) is 3. The minimum Gasteiger partial charge on any atom is -0.486 e. The number of benzene rings is 1. The Bertz CT molecular complexity index is 405. The van der Waals surface area contributed by atoms with Crippen LogP contribution >= 0.6 is 11.8 Å². The second kappa shape index (κ2) is 7.61. The molecule has 1 aromatic carbocycles. The number of aliphatic hydroxyl groups excluding tert-OH is 1. The highest BCUT2D eigenvalue weighted by atomic mass is 32.2. The number of para-hydroxylation sites is 1. The highest BCUT2D eigenvalue weighted by Crippen LogP contribution is 2.36. The van der Waals surface area contributed by atoms with Gasteiger partial charge in [0, 0.05) is 10.6 Å². The van der Waals surface area contributed by atoms with E-state index in [1.807, 2.05) is 24.3 Å². The smallest absolute Gasteiger partial charge is 0.134 e. The van der Waals surface area contributed by atoms with Crippen LogP contribution in [0.25, 0.3) is 0 Å². The van der Waals surface area contributed by atoms with E-state index >= 15 is 0 Å². The van der Waals surface area contributed by atoms with Crippen LogP contribution in [-0.4, -0.2) is 23.1 Å². The van der Waals surface area contributed by atoms with Crippen LogP contribution in [0.5, 0.6) is 5.75 Å². The van der Waals surface area contributed by atoms with Gasteiger partial charge < -0.3 is 9.84 Å². The van der Waals surface area contributed by atoms with Crippen molar-refractivity contribution >= 4 is 11.8 Å². The Morgan fingerprint density at radius 2 is 2.21 bits per heavy atom. The van der Waals surface area contributed by atoms with Crippen molar-refractivity contribution in [2.75, 3.05) is 5.75 Å². The van der Waals surface area contributed by atoms with Crippen LogP contribution < -0.4 is 4.74 Å². The summed E-state index contributed by atoms with van der Waals surface area (Å²) in [7, 11) is 0. The fourth-order valence-electron chi connectivity index (χ4n) is 2.23. The Hall–Kier alpha value is -0.930. The summed E-state index contributed by atoms with van der Waals surface area (Å²) < 4.78 is 5.88. The number of allylic oxidation sites excluding steroid dienone is 1. The van der Waals surface area contributed by atoms with Crippen LogP contribution in [0.15, 0.2) is 41.8 Å². The van der Waals surface area contributed by atoms with E-state index in [4.69, 9.17) is 4.74 Å². The zero-order chi connectivity index (χ0) is 13.5. The predicted molar refractivity (Wildman–Crippen MR) is 80.9 cm³/mol. The van der Waals surface area contributed by atoms with Gasteiger partial charge in [0.15, 0.2) is 0 Å². The summed E-state index contributed by atoms with van der Waals surface area (Å²) in [4.78, 5) is 1.18. The van der Waals surface area contributed by atoms with Gasteiger partial charge in [-0.15, -0.1) is 18.3 Å².